The smallest absolute Gasteiger partial charge is 0.395 e. The summed E-state index contributed by atoms with van der Waals surface area (Å²) in [5.41, 5.74) is -1.32. The summed E-state index contributed by atoms with van der Waals surface area (Å²) in [4.78, 5) is 67.9. The molecule has 2 unspecified atom stereocenters. The molecule has 0 aliphatic carbocycles. The van der Waals surface area contributed by atoms with Gasteiger partial charge < -0.3 is 34.3 Å². The highest BCUT2D eigenvalue weighted by molar-refractivity contribution is 7.66. The van der Waals surface area contributed by atoms with Gasteiger partial charge in [-0.05, 0) is 13.8 Å². The number of oxime groups is 1. The number of H-pyrrole nitrogens is 1. The maximum atomic E-state index is 12.4. The number of rotatable bonds is 11. The SMILES string of the molecule is CC(C)=NO[C@@H]1C[C@H](n2cc(C#CCCO)c(=O)[nH]c2=O)O[C@@H]1COP(=O)(O)OP(=O)(O)OP(=O)(O)O. The van der Waals surface area contributed by atoms with Gasteiger partial charge in [-0.1, -0.05) is 17.0 Å². The number of aromatic amines is 1. The molecule has 6 N–H and O–H groups in total. The van der Waals surface area contributed by atoms with Crippen molar-refractivity contribution >= 4 is 29.2 Å². The van der Waals surface area contributed by atoms with Crippen LogP contribution in [-0.2, 0) is 36.4 Å². The number of phosphoric ester groups is 1. The molecule has 1 fully saturated rings. The van der Waals surface area contributed by atoms with Gasteiger partial charge in [-0.2, -0.15) is 8.62 Å². The third kappa shape index (κ3) is 10.4. The van der Waals surface area contributed by atoms with Crippen LogP contribution < -0.4 is 11.2 Å². The molecule has 1 aromatic rings. The van der Waals surface area contributed by atoms with Crippen LogP contribution in [0.2, 0.25) is 0 Å². The van der Waals surface area contributed by atoms with Gasteiger partial charge in [0.05, 0.1) is 18.9 Å². The van der Waals surface area contributed by atoms with Crippen molar-refractivity contribution in [2.24, 2.45) is 5.16 Å². The standard InChI is InChI=1S/C16H24N3O15P3/c1-10(2)18-32-12-7-14(19-8-11(5-3-4-6-20)15(21)17-16(19)22)31-13(12)9-30-36(26,27)34-37(28,29)33-35(23,24)25/h8,12-14,20H,4,6-7,9H2,1-2H3,(H,26,27)(H,28,29)(H,17,21,22)(H2,23,24,25)/t12-,13-,14-/m1/s1. The third-order valence-electron chi connectivity index (χ3n) is 4.11. The van der Waals surface area contributed by atoms with Gasteiger partial charge in [-0.15, -0.1) is 0 Å². The Morgan fingerprint density at radius 1 is 1.19 bits per heavy atom. The maximum absolute atomic E-state index is 12.4. The van der Waals surface area contributed by atoms with Gasteiger partial charge in [0.15, 0.2) is 6.10 Å². The average molecular weight is 591 g/mol. The molecule has 21 heteroatoms. The van der Waals surface area contributed by atoms with Gasteiger partial charge in [0.25, 0.3) is 5.56 Å². The number of hydrogen-bond acceptors (Lipinski definition) is 12. The lowest BCUT2D eigenvalue weighted by Crippen LogP contribution is -2.33. The zero-order chi connectivity index (χ0) is 28.0. The number of aliphatic hydroxyl groups is 1. The van der Waals surface area contributed by atoms with Crippen LogP contribution in [0.1, 0.15) is 38.5 Å². The summed E-state index contributed by atoms with van der Waals surface area (Å²) in [6.07, 6.45) is -2.32. The molecule has 37 heavy (non-hydrogen) atoms. The average Bonchev–Trinajstić information content (AvgIpc) is 3.12. The van der Waals surface area contributed by atoms with E-state index >= 15 is 0 Å². The van der Waals surface area contributed by atoms with E-state index in [0.29, 0.717) is 5.71 Å². The topological polar surface area (TPSA) is 266 Å². The van der Waals surface area contributed by atoms with Crippen molar-refractivity contribution in [1.82, 2.24) is 9.55 Å². The van der Waals surface area contributed by atoms with E-state index in [9.17, 15) is 33.1 Å². The van der Waals surface area contributed by atoms with Crippen molar-refractivity contribution in [3.8, 4) is 11.8 Å². The highest BCUT2D eigenvalue weighted by Crippen LogP contribution is 2.66. The fraction of sp³-hybridized carbons (Fsp3) is 0.562. The van der Waals surface area contributed by atoms with E-state index in [2.05, 4.69) is 35.1 Å². The number of hydrogen-bond donors (Lipinski definition) is 6. The van der Waals surface area contributed by atoms with E-state index in [1.54, 1.807) is 13.8 Å². The normalized spacial score (nSPS) is 22.8. The van der Waals surface area contributed by atoms with Crippen LogP contribution in [0.15, 0.2) is 20.9 Å². The second kappa shape index (κ2) is 12.7. The minimum atomic E-state index is -5.73. The maximum Gasteiger partial charge on any atom is 0.490 e. The van der Waals surface area contributed by atoms with E-state index in [0.717, 1.165) is 10.8 Å². The number of aliphatic hydroxyl groups excluding tert-OH is 1. The Balaban J connectivity index is 2.25. The highest BCUT2D eigenvalue weighted by atomic mass is 31.3. The summed E-state index contributed by atoms with van der Waals surface area (Å²) in [5.74, 6) is 5.03. The van der Waals surface area contributed by atoms with Crippen LogP contribution in [0.5, 0.6) is 0 Å². The second-order valence-electron chi connectivity index (χ2n) is 7.42. The fourth-order valence-electron chi connectivity index (χ4n) is 2.78. The molecule has 18 nitrogen and oxygen atoms in total. The summed E-state index contributed by atoms with van der Waals surface area (Å²) in [6, 6.07) is 0. The van der Waals surface area contributed by atoms with Crippen LogP contribution >= 0.6 is 23.5 Å². The minimum absolute atomic E-state index is 0.0749. The predicted octanol–water partition coefficient (Wildman–Crippen LogP) is -0.318. The molecule has 0 radical (unpaired) electrons. The van der Waals surface area contributed by atoms with E-state index in [1.165, 1.54) is 0 Å². The van der Waals surface area contributed by atoms with Crippen molar-refractivity contribution in [2.75, 3.05) is 13.2 Å². The molecule has 1 aliphatic heterocycles. The van der Waals surface area contributed by atoms with Crippen molar-refractivity contribution in [1.29, 1.82) is 0 Å². The highest BCUT2D eigenvalue weighted by Gasteiger charge is 2.44. The van der Waals surface area contributed by atoms with Crippen LogP contribution in [0, 0.1) is 11.8 Å². The predicted molar refractivity (Wildman–Crippen MR) is 122 cm³/mol. The van der Waals surface area contributed by atoms with Crippen molar-refractivity contribution in [3.63, 3.8) is 0 Å². The van der Waals surface area contributed by atoms with Gasteiger partial charge in [0, 0.05) is 19.0 Å². The largest absolute Gasteiger partial charge is 0.490 e. The molecular weight excluding hydrogens is 567 g/mol. The van der Waals surface area contributed by atoms with Gasteiger partial charge >= 0.3 is 29.2 Å². The number of phosphoric acid groups is 3. The van der Waals surface area contributed by atoms with Crippen LogP contribution in [-0.4, -0.2) is 65.4 Å². The Morgan fingerprint density at radius 2 is 1.86 bits per heavy atom. The Labute approximate surface area is 208 Å². The van der Waals surface area contributed by atoms with E-state index in [-0.39, 0.29) is 25.0 Å². The summed E-state index contributed by atoms with van der Waals surface area (Å²) in [6.45, 7) is 2.09. The lowest BCUT2D eigenvalue weighted by atomic mass is 10.2. The van der Waals surface area contributed by atoms with E-state index in [1.807, 2.05) is 0 Å². The lowest BCUT2D eigenvalue weighted by Gasteiger charge is -2.20. The van der Waals surface area contributed by atoms with Gasteiger partial charge in [0.1, 0.15) is 17.9 Å². The van der Waals surface area contributed by atoms with Gasteiger partial charge in [-0.25, -0.2) is 18.5 Å². The van der Waals surface area contributed by atoms with Crippen molar-refractivity contribution in [3.05, 3.63) is 32.6 Å². The zero-order valence-electron chi connectivity index (χ0n) is 19.2. The lowest BCUT2D eigenvalue weighted by molar-refractivity contribution is -0.0605. The number of aromatic nitrogens is 2. The number of ether oxygens (including phenoxy) is 1. The Morgan fingerprint density at radius 3 is 2.46 bits per heavy atom. The van der Waals surface area contributed by atoms with E-state index in [4.69, 9.17) is 24.5 Å². The zero-order valence-corrected chi connectivity index (χ0v) is 21.9. The fourth-order valence-corrected chi connectivity index (χ4v) is 5.81. The molecule has 1 aliphatic rings. The van der Waals surface area contributed by atoms with Crippen LogP contribution in [0.4, 0.5) is 0 Å². The molecular formula is C16H24N3O15P3. The summed E-state index contributed by atoms with van der Waals surface area (Å²) in [7, 11) is -16.8. The number of nitrogens with zero attached hydrogens (tertiary/aromatic N) is 2. The first kappa shape index (κ1) is 31.3. The first-order chi connectivity index (χ1) is 17.0. The van der Waals surface area contributed by atoms with Gasteiger partial charge in [0.2, 0.25) is 0 Å². The molecule has 5 atom stereocenters. The summed E-state index contributed by atoms with van der Waals surface area (Å²) in [5, 5.41) is 12.6. The second-order valence-corrected chi connectivity index (χ2v) is 11.8. The molecule has 0 amide bonds. The first-order valence-electron chi connectivity index (χ1n) is 10.1. The van der Waals surface area contributed by atoms with Crippen LogP contribution in [0.3, 0.4) is 0 Å². The van der Waals surface area contributed by atoms with Gasteiger partial charge in [-0.3, -0.25) is 18.9 Å². The molecule has 0 aromatic carbocycles. The summed E-state index contributed by atoms with van der Waals surface area (Å²) >= 11 is 0. The molecule has 0 bridgehead atoms. The van der Waals surface area contributed by atoms with E-state index < -0.39 is 59.8 Å². The quantitative estimate of drug-likeness (QED) is 0.0833. The third-order valence-corrected chi connectivity index (χ3v) is 7.91. The molecule has 0 saturated carbocycles. The number of nitrogens with one attached hydrogen (secondary N) is 1. The first-order valence-corrected chi connectivity index (χ1v) is 14.6. The molecule has 2 heterocycles. The monoisotopic (exact) mass is 591 g/mol. The molecule has 1 aromatic heterocycles. The summed E-state index contributed by atoms with van der Waals surface area (Å²) < 4.78 is 52.8. The Bertz CT molecular complexity index is 1320. The van der Waals surface area contributed by atoms with Crippen molar-refractivity contribution < 1.29 is 61.1 Å². The van der Waals surface area contributed by atoms with Crippen molar-refractivity contribution in [2.45, 2.75) is 45.1 Å². The molecule has 1 saturated heterocycles. The molecule has 208 valence electrons. The Hall–Kier alpha value is -1.96. The van der Waals surface area contributed by atoms with Crippen LogP contribution in [0.25, 0.3) is 0 Å². The minimum Gasteiger partial charge on any atom is -0.395 e. The molecule has 2 rings (SSSR count). The Kier molecular flexibility index (Phi) is 10.8. The molecule has 0 spiro atoms.